The van der Waals surface area contributed by atoms with Gasteiger partial charge in [0.2, 0.25) is 0 Å². The van der Waals surface area contributed by atoms with Gasteiger partial charge in [0.1, 0.15) is 7.05 Å². The maximum absolute atomic E-state index is 11.6. The summed E-state index contributed by atoms with van der Waals surface area (Å²) in [5.41, 5.74) is 0.579. The first-order valence-electron chi connectivity index (χ1n) is 5.57. The molecule has 3 nitrogen and oxygen atoms in total. The minimum absolute atomic E-state index is 0.311. The first-order chi connectivity index (χ1) is 9.24. The number of nitrogens with zero attached hydrogens (tertiary/aromatic N) is 1. The zero-order chi connectivity index (χ0) is 15.3. The van der Waals surface area contributed by atoms with E-state index in [9.17, 15) is 22.1 Å². The second-order valence-electron chi connectivity index (χ2n) is 3.85. The highest BCUT2D eigenvalue weighted by molar-refractivity contribution is 6.50. The van der Waals surface area contributed by atoms with Crippen LogP contribution in [0.25, 0.3) is 10.8 Å². The average molecular weight is 289 g/mol. The molecule has 0 aliphatic heterocycles. The number of pyridine rings is 1. The highest BCUT2D eigenvalue weighted by atomic mass is 19.5. The summed E-state index contributed by atoms with van der Waals surface area (Å²) in [6, 6.07) is 9.73. The number of hydrogen-bond donors (Lipinski definition) is 0. The molecular formula is C12H12BF4NO2. The SMILES string of the molecule is COC(=O)c1c2ccccc2cc[n+]1C.F[B-](F)(F)F. The van der Waals surface area contributed by atoms with Gasteiger partial charge in [-0.1, -0.05) is 18.2 Å². The summed E-state index contributed by atoms with van der Waals surface area (Å²) >= 11 is 0. The molecule has 2 rings (SSSR count). The summed E-state index contributed by atoms with van der Waals surface area (Å²) < 4.78 is 45.5. The fraction of sp³-hybridized carbons (Fsp3) is 0.167. The summed E-state index contributed by atoms with van der Waals surface area (Å²) in [6.07, 6.45) is 1.86. The number of carbonyl (C=O) groups excluding carboxylic acids is 1. The Morgan fingerprint density at radius 2 is 1.70 bits per heavy atom. The van der Waals surface area contributed by atoms with E-state index < -0.39 is 7.25 Å². The first kappa shape index (κ1) is 15.9. The largest absolute Gasteiger partial charge is 0.673 e. The van der Waals surface area contributed by atoms with Crippen LogP contribution in [0, 0.1) is 0 Å². The number of ether oxygens (including phenoxy) is 1. The smallest absolute Gasteiger partial charge is 0.461 e. The summed E-state index contributed by atoms with van der Waals surface area (Å²) in [6.45, 7) is 0. The second kappa shape index (κ2) is 6.36. The summed E-state index contributed by atoms with van der Waals surface area (Å²) in [4.78, 5) is 11.6. The van der Waals surface area contributed by atoms with Crippen LogP contribution in [0.3, 0.4) is 0 Å². The van der Waals surface area contributed by atoms with Crippen LogP contribution in [-0.4, -0.2) is 20.3 Å². The average Bonchev–Trinajstić information content (AvgIpc) is 2.36. The van der Waals surface area contributed by atoms with Gasteiger partial charge in [0, 0.05) is 6.07 Å². The number of hydrogen-bond acceptors (Lipinski definition) is 2. The van der Waals surface area contributed by atoms with Crippen molar-refractivity contribution in [2.75, 3.05) is 7.11 Å². The van der Waals surface area contributed by atoms with Gasteiger partial charge < -0.3 is 22.0 Å². The topological polar surface area (TPSA) is 30.2 Å². The van der Waals surface area contributed by atoms with Crippen molar-refractivity contribution in [3.63, 3.8) is 0 Å². The van der Waals surface area contributed by atoms with Crippen molar-refractivity contribution >= 4 is 24.0 Å². The Bertz CT molecular complexity index is 610. The summed E-state index contributed by atoms with van der Waals surface area (Å²) in [7, 11) is -2.78. The molecule has 0 saturated heterocycles. The van der Waals surface area contributed by atoms with E-state index in [4.69, 9.17) is 4.74 Å². The van der Waals surface area contributed by atoms with Gasteiger partial charge in [0.05, 0.1) is 12.5 Å². The van der Waals surface area contributed by atoms with Gasteiger partial charge >= 0.3 is 13.2 Å². The van der Waals surface area contributed by atoms with E-state index in [1.165, 1.54) is 7.11 Å². The number of esters is 1. The molecule has 1 aromatic carbocycles. The zero-order valence-corrected chi connectivity index (χ0v) is 10.8. The monoisotopic (exact) mass is 289 g/mol. The van der Waals surface area contributed by atoms with Crippen LogP contribution < -0.4 is 4.57 Å². The third-order valence-electron chi connectivity index (χ3n) is 2.43. The number of fused-ring (bicyclic) bond motifs is 1. The highest BCUT2D eigenvalue weighted by Crippen LogP contribution is 2.15. The second-order valence-corrected chi connectivity index (χ2v) is 3.85. The van der Waals surface area contributed by atoms with Gasteiger partial charge in [-0.2, -0.15) is 4.57 Å². The molecule has 0 amide bonds. The normalized spacial score (nSPS) is 10.7. The van der Waals surface area contributed by atoms with E-state index in [0.717, 1.165) is 10.8 Å². The number of methoxy groups -OCH3 is 1. The van der Waals surface area contributed by atoms with Crippen LogP contribution >= 0.6 is 0 Å². The third kappa shape index (κ3) is 4.53. The van der Waals surface area contributed by atoms with Crippen molar-refractivity contribution in [1.82, 2.24) is 0 Å². The Morgan fingerprint density at radius 3 is 2.25 bits per heavy atom. The molecule has 0 radical (unpaired) electrons. The van der Waals surface area contributed by atoms with Gasteiger partial charge in [-0.05, 0) is 11.5 Å². The first-order valence-corrected chi connectivity index (χ1v) is 5.57. The number of aromatic nitrogens is 1. The number of aryl methyl sites for hydroxylation is 1. The lowest BCUT2D eigenvalue weighted by Gasteiger charge is -2.02. The highest BCUT2D eigenvalue weighted by Gasteiger charge is 2.21. The van der Waals surface area contributed by atoms with E-state index >= 15 is 0 Å². The maximum Gasteiger partial charge on any atom is 0.673 e. The number of rotatable bonds is 1. The molecule has 20 heavy (non-hydrogen) atoms. The molecule has 8 heteroatoms. The molecule has 0 spiro atoms. The summed E-state index contributed by atoms with van der Waals surface area (Å²) in [5, 5.41) is 1.95. The van der Waals surface area contributed by atoms with Gasteiger partial charge in [-0.25, -0.2) is 4.79 Å². The fourth-order valence-corrected chi connectivity index (χ4v) is 1.67. The molecule has 0 saturated carbocycles. The van der Waals surface area contributed by atoms with Crippen molar-refractivity contribution in [1.29, 1.82) is 0 Å². The standard InChI is InChI=1S/C12H12NO2.BF4/c1-13-8-7-9-5-3-4-6-10(9)11(13)12(14)15-2;2-1(3,4)5/h3-8H,1-2H3;/q+1;-1. The minimum Gasteiger partial charge on any atom is -0.461 e. The van der Waals surface area contributed by atoms with Crippen LogP contribution in [-0.2, 0) is 11.8 Å². The molecule has 0 unspecified atom stereocenters. The molecule has 0 aliphatic carbocycles. The van der Waals surface area contributed by atoms with E-state index in [-0.39, 0.29) is 5.97 Å². The van der Waals surface area contributed by atoms with E-state index in [0.29, 0.717) is 5.69 Å². The molecule has 1 heterocycles. The van der Waals surface area contributed by atoms with Crippen molar-refractivity contribution in [2.45, 2.75) is 0 Å². The lowest BCUT2D eigenvalue weighted by molar-refractivity contribution is -0.672. The molecule has 0 bridgehead atoms. The molecule has 0 N–H and O–H groups in total. The molecule has 0 aliphatic rings. The Hall–Kier alpha value is -2.12. The third-order valence-corrected chi connectivity index (χ3v) is 2.43. The lowest BCUT2D eigenvalue weighted by atomic mass is 10.1. The van der Waals surface area contributed by atoms with E-state index in [1.807, 2.05) is 43.6 Å². The molecule has 0 atom stereocenters. The molecule has 1 aromatic heterocycles. The predicted octanol–water partition coefficient (Wildman–Crippen LogP) is 2.75. The summed E-state index contributed by atoms with van der Waals surface area (Å²) in [5.74, 6) is -0.311. The Kier molecular flexibility index (Phi) is 5.07. The van der Waals surface area contributed by atoms with Crippen molar-refractivity contribution in [3.8, 4) is 0 Å². The van der Waals surface area contributed by atoms with Crippen molar-refractivity contribution in [3.05, 3.63) is 42.2 Å². The lowest BCUT2D eigenvalue weighted by Crippen LogP contribution is -2.36. The number of halogens is 4. The maximum atomic E-state index is 11.6. The van der Waals surface area contributed by atoms with Crippen LogP contribution in [0.5, 0.6) is 0 Å². The van der Waals surface area contributed by atoms with E-state index in [2.05, 4.69) is 0 Å². The van der Waals surface area contributed by atoms with Crippen LogP contribution in [0.4, 0.5) is 17.3 Å². The van der Waals surface area contributed by atoms with Gasteiger partial charge in [-0.15, -0.1) is 0 Å². The molecule has 2 aromatic rings. The van der Waals surface area contributed by atoms with Crippen molar-refractivity contribution < 1.29 is 31.4 Å². The zero-order valence-electron chi connectivity index (χ0n) is 10.8. The van der Waals surface area contributed by atoms with E-state index in [1.54, 1.807) is 4.57 Å². The number of benzene rings is 1. The Balaban J connectivity index is 0.000000347. The van der Waals surface area contributed by atoms with Gasteiger partial charge in [-0.3, -0.25) is 0 Å². The Morgan fingerprint density at radius 1 is 1.15 bits per heavy atom. The fourth-order valence-electron chi connectivity index (χ4n) is 1.67. The van der Waals surface area contributed by atoms with Crippen LogP contribution in [0.2, 0.25) is 0 Å². The van der Waals surface area contributed by atoms with Crippen molar-refractivity contribution in [2.24, 2.45) is 7.05 Å². The van der Waals surface area contributed by atoms with Gasteiger partial charge in [0.15, 0.2) is 6.20 Å². The van der Waals surface area contributed by atoms with Gasteiger partial charge in [0.25, 0.3) is 5.69 Å². The minimum atomic E-state index is -6.00. The predicted molar refractivity (Wildman–Crippen MR) is 66.6 cm³/mol. The molecule has 108 valence electrons. The number of carbonyl (C=O) groups is 1. The molecule has 0 fully saturated rings. The van der Waals surface area contributed by atoms with Crippen LogP contribution in [0.15, 0.2) is 36.5 Å². The molecular weight excluding hydrogens is 277 g/mol. The van der Waals surface area contributed by atoms with Crippen LogP contribution in [0.1, 0.15) is 10.5 Å². The Labute approximate surface area is 112 Å². The quantitative estimate of drug-likeness (QED) is 0.350.